The fraction of sp³-hybridized carbons (Fsp3) is 0. The van der Waals surface area contributed by atoms with Crippen molar-refractivity contribution in [1.29, 1.82) is 0 Å². The van der Waals surface area contributed by atoms with Gasteiger partial charge in [0, 0.05) is 24.3 Å². The summed E-state index contributed by atoms with van der Waals surface area (Å²) in [7, 11) is 0. The molecular weight excluding hydrogens is 440 g/mol. The van der Waals surface area contributed by atoms with Crippen molar-refractivity contribution < 1.29 is 38.1 Å². The maximum atomic E-state index is 11.7. The van der Waals surface area contributed by atoms with Crippen molar-refractivity contribution in [1.82, 2.24) is 0 Å². The summed E-state index contributed by atoms with van der Waals surface area (Å²) in [4.78, 5) is 46.4. The van der Waals surface area contributed by atoms with Crippen LogP contribution in [-0.2, 0) is 19.2 Å². The lowest BCUT2D eigenvalue weighted by Gasteiger charge is -2.10. The highest BCUT2D eigenvalue weighted by Gasteiger charge is 2.13. The van der Waals surface area contributed by atoms with Gasteiger partial charge >= 0.3 is 23.9 Å². The molecule has 2 rings (SSSR count). The first-order valence-electron chi connectivity index (χ1n) is 9.62. The van der Waals surface area contributed by atoms with Gasteiger partial charge in [0.15, 0.2) is 23.0 Å². The first-order valence-corrected chi connectivity index (χ1v) is 9.62. The minimum atomic E-state index is -0.740. The van der Waals surface area contributed by atoms with Crippen molar-refractivity contribution in [3.63, 3.8) is 0 Å². The summed E-state index contributed by atoms with van der Waals surface area (Å²) < 4.78 is 20.4. The molecule has 0 spiro atoms. The van der Waals surface area contributed by atoms with E-state index in [2.05, 4.69) is 26.3 Å². The molecule has 0 fully saturated rings. The third-order valence-electron chi connectivity index (χ3n) is 3.91. The normalized spacial score (nSPS) is 10.0. The van der Waals surface area contributed by atoms with Gasteiger partial charge in [0.1, 0.15) is 0 Å². The molecule has 0 bridgehead atoms. The Hall–Kier alpha value is -4.98. The van der Waals surface area contributed by atoms with Crippen LogP contribution in [0.3, 0.4) is 0 Å². The lowest BCUT2D eigenvalue weighted by molar-refractivity contribution is -0.131. The van der Waals surface area contributed by atoms with E-state index in [1.54, 1.807) is 24.3 Å². The second kappa shape index (κ2) is 12.2. The van der Waals surface area contributed by atoms with Gasteiger partial charge in [-0.1, -0.05) is 50.6 Å². The summed E-state index contributed by atoms with van der Waals surface area (Å²) in [5.41, 5.74) is 1.16. The summed E-state index contributed by atoms with van der Waals surface area (Å²) in [6.45, 7) is 13.3. The quantitative estimate of drug-likeness (QED) is 0.225. The molecule has 172 valence electrons. The highest BCUT2D eigenvalue weighted by Crippen LogP contribution is 2.32. The Balaban J connectivity index is 2.38. The van der Waals surface area contributed by atoms with E-state index in [0.29, 0.717) is 11.1 Å². The van der Waals surface area contributed by atoms with E-state index in [4.69, 9.17) is 18.9 Å². The summed E-state index contributed by atoms with van der Waals surface area (Å²) in [5, 5.41) is 0. The molecule has 8 nitrogen and oxygen atoms in total. The van der Waals surface area contributed by atoms with Crippen molar-refractivity contribution in [3.05, 3.63) is 98.1 Å². The van der Waals surface area contributed by atoms with Gasteiger partial charge in [-0.2, -0.15) is 0 Å². The predicted octanol–water partition coefficient (Wildman–Crippen LogP) is 4.22. The molecule has 0 radical (unpaired) electrons. The summed E-state index contributed by atoms with van der Waals surface area (Å²) >= 11 is 0. The van der Waals surface area contributed by atoms with Crippen molar-refractivity contribution in [3.8, 4) is 23.0 Å². The van der Waals surface area contributed by atoms with Gasteiger partial charge in [0.2, 0.25) is 0 Å². The minimum Gasteiger partial charge on any atom is -0.419 e. The van der Waals surface area contributed by atoms with Gasteiger partial charge in [-0.3, -0.25) is 0 Å². The third kappa shape index (κ3) is 7.31. The Morgan fingerprint density at radius 3 is 1.09 bits per heavy atom. The zero-order valence-electron chi connectivity index (χ0n) is 18.0. The largest absolute Gasteiger partial charge is 0.419 e. The van der Waals surface area contributed by atoms with E-state index >= 15 is 0 Å². The van der Waals surface area contributed by atoms with Gasteiger partial charge in [-0.05, 0) is 35.4 Å². The maximum Gasteiger partial charge on any atom is 0.335 e. The molecule has 34 heavy (non-hydrogen) atoms. The summed E-state index contributed by atoms with van der Waals surface area (Å²) in [6.07, 6.45) is 7.20. The van der Waals surface area contributed by atoms with E-state index in [-0.39, 0.29) is 23.0 Å². The number of hydrogen-bond acceptors (Lipinski definition) is 8. The lowest BCUT2D eigenvalue weighted by Crippen LogP contribution is -2.08. The molecule has 0 saturated carbocycles. The molecule has 0 aliphatic rings. The highest BCUT2D eigenvalue weighted by molar-refractivity contribution is 5.87. The van der Waals surface area contributed by atoms with E-state index < -0.39 is 23.9 Å². The number of esters is 4. The van der Waals surface area contributed by atoms with Gasteiger partial charge in [0.25, 0.3) is 0 Å². The van der Waals surface area contributed by atoms with Crippen molar-refractivity contribution >= 4 is 36.0 Å². The maximum absolute atomic E-state index is 11.7. The number of ether oxygens (including phenoxy) is 4. The van der Waals surface area contributed by atoms with Crippen LogP contribution in [0.4, 0.5) is 0 Å². The lowest BCUT2D eigenvalue weighted by atomic mass is 10.1. The van der Waals surface area contributed by atoms with Gasteiger partial charge < -0.3 is 18.9 Å². The number of benzene rings is 2. The average Bonchev–Trinajstić information content (AvgIpc) is 2.84. The highest BCUT2D eigenvalue weighted by atomic mass is 16.6. The Morgan fingerprint density at radius 1 is 0.500 bits per heavy atom. The molecule has 0 atom stereocenters. The number of rotatable bonds is 10. The first-order chi connectivity index (χ1) is 16.3. The topological polar surface area (TPSA) is 105 Å². The fourth-order valence-electron chi connectivity index (χ4n) is 2.38. The number of carbonyl (C=O) groups excluding carboxylic acids is 4. The number of carbonyl (C=O) groups is 4. The number of hydrogen-bond donors (Lipinski definition) is 0. The van der Waals surface area contributed by atoms with E-state index in [1.807, 2.05) is 0 Å². The van der Waals surface area contributed by atoms with Crippen LogP contribution in [0.5, 0.6) is 23.0 Å². The Labute approximate surface area is 195 Å². The molecule has 0 aliphatic carbocycles. The molecule has 0 aromatic heterocycles. The zero-order chi connectivity index (χ0) is 25.1. The molecule has 2 aromatic rings. The van der Waals surface area contributed by atoms with Gasteiger partial charge in [-0.15, -0.1) is 0 Å². The van der Waals surface area contributed by atoms with Crippen LogP contribution in [0.1, 0.15) is 11.1 Å². The molecule has 8 heteroatoms. The average molecular weight is 460 g/mol. The van der Waals surface area contributed by atoms with Crippen LogP contribution in [0.2, 0.25) is 0 Å². The Morgan fingerprint density at radius 2 is 0.794 bits per heavy atom. The first kappa shape index (κ1) is 25.3. The van der Waals surface area contributed by atoms with E-state index in [9.17, 15) is 19.2 Å². The SMILES string of the molecule is C=CC(=O)Oc1ccc(C=Cc2ccc(OC(=O)C=C)c(OC(=O)C=C)c2)cc1OC(=O)C=C. The molecule has 0 saturated heterocycles. The van der Waals surface area contributed by atoms with E-state index in [1.165, 1.54) is 24.3 Å². The molecular formula is C26H20O8. The second-order valence-electron chi connectivity index (χ2n) is 6.25. The smallest absolute Gasteiger partial charge is 0.335 e. The van der Waals surface area contributed by atoms with Crippen molar-refractivity contribution in [2.45, 2.75) is 0 Å². The molecule has 2 aromatic carbocycles. The molecule has 0 amide bonds. The summed E-state index contributed by atoms with van der Waals surface area (Å²) in [6, 6.07) is 9.08. The van der Waals surface area contributed by atoms with Crippen LogP contribution >= 0.6 is 0 Å². The van der Waals surface area contributed by atoms with Crippen LogP contribution in [0, 0.1) is 0 Å². The summed E-state index contributed by atoms with van der Waals surface area (Å²) in [5.74, 6) is -2.90. The van der Waals surface area contributed by atoms with Crippen molar-refractivity contribution in [2.24, 2.45) is 0 Å². The van der Waals surface area contributed by atoms with Gasteiger partial charge in [0.05, 0.1) is 0 Å². The molecule has 0 unspecified atom stereocenters. The van der Waals surface area contributed by atoms with Crippen molar-refractivity contribution in [2.75, 3.05) is 0 Å². The predicted molar refractivity (Wildman–Crippen MR) is 125 cm³/mol. The van der Waals surface area contributed by atoms with E-state index in [0.717, 1.165) is 24.3 Å². The second-order valence-corrected chi connectivity index (χ2v) is 6.25. The van der Waals surface area contributed by atoms with Crippen LogP contribution in [0.15, 0.2) is 87.0 Å². The fourth-order valence-corrected chi connectivity index (χ4v) is 2.38. The monoisotopic (exact) mass is 460 g/mol. The third-order valence-corrected chi connectivity index (χ3v) is 3.91. The zero-order valence-corrected chi connectivity index (χ0v) is 18.0. The molecule has 0 heterocycles. The molecule has 0 N–H and O–H groups in total. The Kier molecular flexibility index (Phi) is 9.04. The standard InChI is InChI=1S/C26H20O8/c1-5-23(27)31-19-13-11-17(15-21(19)33-25(29)7-3)9-10-18-12-14-20(32-24(28)6-2)22(16-18)34-26(30)8-4/h5-16H,1-4H2. The minimum absolute atomic E-state index is 0.00506. The van der Waals surface area contributed by atoms with Crippen LogP contribution < -0.4 is 18.9 Å². The Bertz CT molecular complexity index is 1110. The van der Waals surface area contributed by atoms with Gasteiger partial charge in [-0.25, -0.2) is 19.2 Å². The van der Waals surface area contributed by atoms with Crippen LogP contribution in [-0.4, -0.2) is 23.9 Å². The molecule has 0 aliphatic heterocycles. The van der Waals surface area contributed by atoms with Crippen LogP contribution in [0.25, 0.3) is 12.2 Å².